The van der Waals surface area contributed by atoms with Crippen LogP contribution < -0.4 is 5.32 Å². The molecule has 4 nitrogen and oxygen atoms in total. The zero-order valence-electron chi connectivity index (χ0n) is 18.9. The molecule has 0 radical (unpaired) electrons. The molecule has 172 valence electrons. The molecule has 0 amide bonds. The number of halogens is 2. The van der Waals surface area contributed by atoms with E-state index in [1.807, 2.05) is 42.6 Å². The second-order valence-corrected chi connectivity index (χ2v) is 9.65. The highest BCUT2D eigenvalue weighted by Crippen LogP contribution is 2.43. The molecule has 1 aliphatic heterocycles. The zero-order valence-corrected chi connectivity index (χ0v) is 21.2. The largest absolute Gasteiger partial charge is 0.352 e. The van der Waals surface area contributed by atoms with Gasteiger partial charge in [-0.3, -0.25) is 4.98 Å². The molecule has 1 aliphatic rings. The van der Waals surface area contributed by atoms with Gasteiger partial charge >= 0.3 is 0 Å². The average molecular weight is 507 g/mol. The van der Waals surface area contributed by atoms with Crippen LogP contribution in [0.25, 0.3) is 5.69 Å². The highest BCUT2D eigenvalue weighted by atomic mass is 35.5. The third-order valence-electron chi connectivity index (χ3n) is 6.35. The summed E-state index contributed by atoms with van der Waals surface area (Å²) in [5, 5.41) is 5.34. The van der Waals surface area contributed by atoms with E-state index in [0.29, 0.717) is 16.6 Å². The molecular weight excluding hydrogens is 483 g/mol. The summed E-state index contributed by atoms with van der Waals surface area (Å²) in [4.78, 5) is 6.92. The molecule has 2 aromatic carbocycles. The number of rotatable bonds is 5. The normalized spacial score (nSPS) is 17.8. The zero-order chi connectivity index (χ0) is 23.8. The molecule has 0 bridgehead atoms. The molecule has 0 spiro atoms. The number of benzene rings is 2. The van der Waals surface area contributed by atoms with Gasteiger partial charge in [0.25, 0.3) is 0 Å². The topological polar surface area (TPSA) is 33.1 Å². The number of hydrogen-bond acceptors (Lipinski definition) is 2. The van der Waals surface area contributed by atoms with Crippen LogP contribution in [-0.2, 0) is 6.54 Å². The highest BCUT2D eigenvalue weighted by molar-refractivity contribution is 7.80. The van der Waals surface area contributed by atoms with Crippen molar-refractivity contribution in [1.82, 2.24) is 19.8 Å². The second-order valence-electron chi connectivity index (χ2n) is 8.47. The van der Waals surface area contributed by atoms with E-state index < -0.39 is 0 Å². The summed E-state index contributed by atoms with van der Waals surface area (Å²) in [7, 11) is 0. The molecule has 5 rings (SSSR count). The van der Waals surface area contributed by atoms with Gasteiger partial charge in [-0.1, -0.05) is 65.7 Å². The third kappa shape index (κ3) is 4.09. The van der Waals surface area contributed by atoms with Crippen molar-refractivity contribution < 1.29 is 0 Å². The van der Waals surface area contributed by atoms with Crippen LogP contribution in [-0.4, -0.2) is 19.6 Å². The fourth-order valence-electron chi connectivity index (χ4n) is 4.82. The van der Waals surface area contributed by atoms with Gasteiger partial charge in [0.1, 0.15) is 0 Å². The predicted molar refractivity (Wildman–Crippen MR) is 143 cm³/mol. The van der Waals surface area contributed by atoms with Crippen LogP contribution in [0, 0.1) is 13.8 Å². The Morgan fingerprint density at radius 2 is 1.74 bits per heavy atom. The molecule has 0 saturated carbocycles. The molecule has 2 atom stereocenters. The average Bonchev–Trinajstić information content (AvgIpc) is 3.32. The first kappa shape index (κ1) is 22.9. The van der Waals surface area contributed by atoms with Crippen LogP contribution in [0.1, 0.15) is 40.3 Å². The second kappa shape index (κ2) is 9.41. The van der Waals surface area contributed by atoms with Gasteiger partial charge in [-0.05, 0) is 67.5 Å². The van der Waals surface area contributed by atoms with Crippen molar-refractivity contribution in [3.8, 4) is 5.69 Å². The maximum absolute atomic E-state index is 6.62. The van der Waals surface area contributed by atoms with E-state index in [9.17, 15) is 0 Å². The summed E-state index contributed by atoms with van der Waals surface area (Å²) in [6.07, 6.45) is 1.83. The van der Waals surface area contributed by atoms with Gasteiger partial charge < -0.3 is 14.8 Å². The minimum atomic E-state index is -0.0822. The number of nitrogens with zero attached hydrogens (tertiary/aromatic N) is 3. The Balaban J connectivity index is 1.64. The molecule has 1 N–H and O–H groups in total. The van der Waals surface area contributed by atoms with Gasteiger partial charge in [0, 0.05) is 24.1 Å². The van der Waals surface area contributed by atoms with Gasteiger partial charge in [0.05, 0.1) is 33.5 Å². The number of thiocarbonyl (C=S) groups is 1. The van der Waals surface area contributed by atoms with Gasteiger partial charge in [0.2, 0.25) is 0 Å². The fraction of sp³-hybridized carbons (Fsp3) is 0.185. The summed E-state index contributed by atoms with van der Waals surface area (Å²) in [6, 6.07) is 24.2. The molecule has 3 heterocycles. The maximum Gasteiger partial charge on any atom is 0.170 e. The summed E-state index contributed by atoms with van der Waals surface area (Å²) in [5.74, 6) is 0. The quantitative estimate of drug-likeness (QED) is 0.296. The van der Waals surface area contributed by atoms with Gasteiger partial charge in [-0.15, -0.1) is 0 Å². The fourth-order valence-corrected chi connectivity index (χ4v) is 5.50. The third-order valence-corrected chi connectivity index (χ3v) is 7.52. The Hall–Kier alpha value is -2.86. The monoisotopic (exact) mass is 506 g/mol. The lowest BCUT2D eigenvalue weighted by Gasteiger charge is -2.28. The Morgan fingerprint density at radius 1 is 0.971 bits per heavy atom. The van der Waals surface area contributed by atoms with E-state index in [2.05, 4.69) is 63.9 Å². The van der Waals surface area contributed by atoms with Crippen LogP contribution in [0.5, 0.6) is 0 Å². The number of aromatic nitrogens is 2. The predicted octanol–water partition coefficient (Wildman–Crippen LogP) is 6.97. The molecule has 7 heteroatoms. The summed E-state index contributed by atoms with van der Waals surface area (Å²) in [5.41, 5.74) is 6.37. The van der Waals surface area contributed by atoms with E-state index in [-0.39, 0.29) is 12.1 Å². The first-order valence-corrected chi connectivity index (χ1v) is 12.3. The van der Waals surface area contributed by atoms with Crippen molar-refractivity contribution >= 4 is 40.5 Å². The molecule has 1 fully saturated rings. The van der Waals surface area contributed by atoms with Crippen LogP contribution in [0.15, 0.2) is 79.0 Å². The maximum atomic E-state index is 6.62. The molecule has 4 aromatic rings. The molecule has 1 saturated heterocycles. The first-order chi connectivity index (χ1) is 16.5. The van der Waals surface area contributed by atoms with Crippen LogP contribution in [0.4, 0.5) is 0 Å². The summed E-state index contributed by atoms with van der Waals surface area (Å²) >= 11 is 18.8. The number of nitrogens with one attached hydrogen (secondary N) is 1. The lowest BCUT2D eigenvalue weighted by atomic mass is 9.96. The van der Waals surface area contributed by atoms with Gasteiger partial charge in [-0.25, -0.2) is 0 Å². The minimum Gasteiger partial charge on any atom is -0.352 e. The summed E-state index contributed by atoms with van der Waals surface area (Å²) in [6.45, 7) is 4.91. The minimum absolute atomic E-state index is 0.0412. The van der Waals surface area contributed by atoms with Crippen LogP contribution in [0.2, 0.25) is 10.0 Å². The first-order valence-electron chi connectivity index (χ1n) is 11.1. The van der Waals surface area contributed by atoms with Crippen molar-refractivity contribution in [1.29, 1.82) is 0 Å². The van der Waals surface area contributed by atoms with Crippen LogP contribution >= 0.6 is 35.4 Å². The number of pyridine rings is 1. The van der Waals surface area contributed by atoms with E-state index in [1.165, 1.54) is 11.1 Å². The van der Waals surface area contributed by atoms with Crippen molar-refractivity contribution in [2.75, 3.05) is 0 Å². The molecule has 0 unspecified atom stereocenters. The van der Waals surface area contributed by atoms with Gasteiger partial charge in [0.15, 0.2) is 5.11 Å². The van der Waals surface area contributed by atoms with E-state index in [0.717, 1.165) is 27.9 Å². The van der Waals surface area contributed by atoms with Crippen molar-refractivity contribution in [3.63, 3.8) is 0 Å². The van der Waals surface area contributed by atoms with E-state index in [1.54, 1.807) is 6.07 Å². The Labute approximate surface area is 215 Å². The highest BCUT2D eigenvalue weighted by Gasteiger charge is 2.41. The van der Waals surface area contributed by atoms with E-state index >= 15 is 0 Å². The standard InChI is InChI=1S/C27H24Cl2N4S/c1-17-15-20(18(2)33(17)23-13-8-11-21(28)24(23)29)26-25(22-12-6-7-14-30-22)31-27(34)32(26)16-19-9-4-3-5-10-19/h3-15,25-26H,16H2,1-2H3,(H,31,34)/t25-,26+/m1/s1. The van der Waals surface area contributed by atoms with Gasteiger partial charge in [-0.2, -0.15) is 0 Å². The lowest BCUT2D eigenvalue weighted by Crippen LogP contribution is -2.29. The Kier molecular flexibility index (Phi) is 6.34. The molecule has 34 heavy (non-hydrogen) atoms. The number of aryl methyl sites for hydroxylation is 1. The van der Waals surface area contributed by atoms with Crippen molar-refractivity contribution in [2.45, 2.75) is 32.5 Å². The Bertz CT molecular complexity index is 1340. The van der Waals surface area contributed by atoms with E-state index in [4.69, 9.17) is 35.4 Å². The molecule has 0 aliphatic carbocycles. The summed E-state index contributed by atoms with van der Waals surface area (Å²) < 4.78 is 2.17. The van der Waals surface area contributed by atoms with Crippen molar-refractivity contribution in [2.24, 2.45) is 0 Å². The smallest absolute Gasteiger partial charge is 0.170 e. The van der Waals surface area contributed by atoms with Crippen molar-refractivity contribution in [3.05, 3.63) is 117 Å². The SMILES string of the molecule is Cc1cc([C@H]2[C@@H](c3ccccn3)NC(=S)N2Cc2ccccc2)c(C)n1-c1cccc(Cl)c1Cl. The van der Waals surface area contributed by atoms with Crippen LogP contribution in [0.3, 0.4) is 0 Å². The Morgan fingerprint density at radius 3 is 2.47 bits per heavy atom. The number of hydrogen-bond donors (Lipinski definition) is 1. The lowest BCUT2D eigenvalue weighted by molar-refractivity contribution is 0.310. The molecular formula is C27H24Cl2N4S. The molecule has 2 aromatic heterocycles.